The number of amides is 2. The molecule has 0 heterocycles. The average Bonchev–Trinajstić information content (AvgIpc) is 2.59. The number of nitrogens with one attached hydrogen (secondary N) is 1. The number of rotatable bonds is 5. The van der Waals surface area contributed by atoms with Crippen molar-refractivity contribution < 1.29 is 14.7 Å². The van der Waals surface area contributed by atoms with Crippen molar-refractivity contribution in [1.29, 1.82) is 0 Å². The Hall–Kier alpha value is -2.66. The lowest BCUT2D eigenvalue weighted by Crippen LogP contribution is -2.28. The molecule has 0 aromatic heterocycles. The molecule has 0 saturated heterocycles. The Morgan fingerprint density at radius 3 is 2.22 bits per heavy atom. The number of aliphatic hydroxyl groups excluding tert-OH is 1. The zero-order chi connectivity index (χ0) is 16.8. The monoisotopic (exact) mass is 312 g/mol. The SMILES string of the molecule is CN(C)C(=O)c1ccc(CNC(=O)C(O)c2ccccc2)cc1. The largest absolute Gasteiger partial charge is 0.378 e. The van der Waals surface area contributed by atoms with Crippen molar-refractivity contribution in [1.82, 2.24) is 10.2 Å². The molecule has 2 aromatic rings. The van der Waals surface area contributed by atoms with Crippen LogP contribution in [0.5, 0.6) is 0 Å². The fourth-order valence-electron chi connectivity index (χ4n) is 2.10. The van der Waals surface area contributed by atoms with Gasteiger partial charge in [-0.15, -0.1) is 0 Å². The molecule has 2 aromatic carbocycles. The molecule has 0 fully saturated rings. The van der Waals surface area contributed by atoms with Crippen molar-refractivity contribution in [2.75, 3.05) is 14.1 Å². The lowest BCUT2D eigenvalue weighted by molar-refractivity contribution is -0.129. The molecule has 2 rings (SSSR count). The van der Waals surface area contributed by atoms with E-state index in [4.69, 9.17) is 0 Å². The second kappa shape index (κ2) is 7.56. The Bertz CT molecular complexity index is 666. The van der Waals surface area contributed by atoms with Gasteiger partial charge in [-0.05, 0) is 23.3 Å². The zero-order valence-electron chi connectivity index (χ0n) is 13.2. The molecule has 120 valence electrons. The van der Waals surface area contributed by atoms with Gasteiger partial charge in [0.05, 0.1) is 0 Å². The maximum absolute atomic E-state index is 12.0. The van der Waals surface area contributed by atoms with Crippen molar-refractivity contribution in [3.8, 4) is 0 Å². The molecule has 5 nitrogen and oxygen atoms in total. The van der Waals surface area contributed by atoms with E-state index in [0.717, 1.165) is 5.56 Å². The lowest BCUT2D eigenvalue weighted by Gasteiger charge is -2.13. The third kappa shape index (κ3) is 4.40. The van der Waals surface area contributed by atoms with Crippen molar-refractivity contribution in [3.63, 3.8) is 0 Å². The highest BCUT2D eigenvalue weighted by Crippen LogP contribution is 2.12. The van der Waals surface area contributed by atoms with Crippen LogP contribution in [-0.4, -0.2) is 35.9 Å². The smallest absolute Gasteiger partial charge is 0.253 e. The molecular weight excluding hydrogens is 292 g/mol. The first-order chi connectivity index (χ1) is 11.0. The van der Waals surface area contributed by atoms with E-state index in [2.05, 4.69) is 5.32 Å². The Morgan fingerprint density at radius 2 is 1.65 bits per heavy atom. The summed E-state index contributed by atoms with van der Waals surface area (Å²) in [6, 6.07) is 15.8. The lowest BCUT2D eigenvalue weighted by atomic mass is 10.1. The van der Waals surface area contributed by atoms with E-state index in [1.165, 1.54) is 4.90 Å². The summed E-state index contributed by atoms with van der Waals surface area (Å²) in [5, 5.41) is 12.7. The first kappa shape index (κ1) is 16.7. The molecule has 2 N–H and O–H groups in total. The average molecular weight is 312 g/mol. The topological polar surface area (TPSA) is 69.6 Å². The minimum Gasteiger partial charge on any atom is -0.378 e. The number of aliphatic hydroxyl groups is 1. The van der Waals surface area contributed by atoms with Gasteiger partial charge in [-0.3, -0.25) is 9.59 Å². The molecule has 5 heteroatoms. The molecule has 0 bridgehead atoms. The van der Waals surface area contributed by atoms with Crippen LogP contribution in [0.25, 0.3) is 0 Å². The number of nitrogens with zero attached hydrogens (tertiary/aromatic N) is 1. The summed E-state index contributed by atoms with van der Waals surface area (Å²) in [5.41, 5.74) is 2.00. The second-order valence-electron chi connectivity index (χ2n) is 5.43. The van der Waals surface area contributed by atoms with E-state index in [1.54, 1.807) is 62.6 Å². The molecule has 0 spiro atoms. The predicted molar refractivity (Wildman–Crippen MR) is 87.7 cm³/mol. The summed E-state index contributed by atoms with van der Waals surface area (Å²) in [6.07, 6.45) is -1.19. The number of carbonyl (C=O) groups excluding carboxylic acids is 2. The van der Waals surface area contributed by atoms with Gasteiger partial charge in [-0.25, -0.2) is 0 Å². The van der Waals surface area contributed by atoms with E-state index in [0.29, 0.717) is 17.7 Å². The van der Waals surface area contributed by atoms with Gasteiger partial charge in [0, 0.05) is 26.2 Å². The first-order valence-corrected chi connectivity index (χ1v) is 7.30. The first-order valence-electron chi connectivity index (χ1n) is 7.30. The molecule has 0 radical (unpaired) electrons. The van der Waals surface area contributed by atoms with Crippen LogP contribution in [0.2, 0.25) is 0 Å². The predicted octanol–water partition coefficient (Wildman–Crippen LogP) is 1.74. The fourth-order valence-corrected chi connectivity index (χ4v) is 2.10. The summed E-state index contributed by atoms with van der Waals surface area (Å²) >= 11 is 0. The maximum atomic E-state index is 12.0. The van der Waals surface area contributed by atoms with E-state index >= 15 is 0 Å². The van der Waals surface area contributed by atoms with Gasteiger partial charge in [0.2, 0.25) is 0 Å². The molecule has 23 heavy (non-hydrogen) atoms. The van der Waals surface area contributed by atoms with Gasteiger partial charge >= 0.3 is 0 Å². The molecule has 1 unspecified atom stereocenters. The number of hydrogen-bond donors (Lipinski definition) is 2. The Morgan fingerprint density at radius 1 is 1.04 bits per heavy atom. The van der Waals surface area contributed by atoms with Crippen molar-refractivity contribution in [2.45, 2.75) is 12.6 Å². The van der Waals surface area contributed by atoms with Crippen LogP contribution in [0.15, 0.2) is 54.6 Å². The number of benzene rings is 2. The van der Waals surface area contributed by atoms with Crippen molar-refractivity contribution >= 4 is 11.8 Å². The molecule has 1 atom stereocenters. The molecule has 0 aliphatic heterocycles. The third-order valence-electron chi connectivity index (χ3n) is 3.44. The maximum Gasteiger partial charge on any atom is 0.253 e. The van der Waals surface area contributed by atoms with Crippen molar-refractivity contribution in [2.24, 2.45) is 0 Å². The van der Waals surface area contributed by atoms with E-state index in [9.17, 15) is 14.7 Å². The van der Waals surface area contributed by atoms with Gasteiger partial charge < -0.3 is 15.3 Å². The molecular formula is C18H20N2O3. The normalized spacial score (nSPS) is 11.6. The van der Waals surface area contributed by atoms with Gasteiger partial charge in [-0.1, -0.05) is 42.5 Å². The third-order valence-corrected chi connectivity index (χ3v) is 3.44. The van der Waals surface area contributed by atoms with Crippen LogP contribution < -0.4 is 5.32 Å². The van der Waals surface area contributed by atoms with Crippen LogP contribution in [-0.2, 0) is 11.3 Å². The highest BCUT2D eigenvalue weighted by atomic mass is 16.3. The van der Waals surface area contributed by atoms with Gasteiger partial charge in [-0.2, -0.15) is 0 Å². The Labute approximate surface area is 135 Å². The Balaban J connectivity index is 1.93. The molecule has 2 amide bonds. The van der Waals surface area contributed by atoms with Gasteiger partial charge in [0.1, 0.15) is 0 Å². The van der Waals surface area contributed by atoms with Crippen LogP contribution in [0.4, 0.5) is 0 Å². The minimum absolute atomic E-state index is 0.0694. The highest BCUT2D eigenvalue weighted by molar-refractivity contribution is 5.93. The summed E-state index contributed by atoms with van der Waals surface area (Å²) in [4.78, 5) is 25.3. The van der Waals surface area contributed by atoms with Crippen LogP contribution >= 0.6 is 0 Å². The minimum atomic E-state index is -1.19. The summed E-state index contributed by atoms with van der Waals surface area (Å²) in [7, 11) is 3.39. The standard InChI is InChI=1S/C18H20N2O3/c1-20(2)18(23)15-10-8-13(9-11-15)12-19-17(22)16(21)14-6-4-3-5-7-14/h3-11,16,21H,12H2,1-2H3,(H,19,22). The molecule has 0 aliphatic rings. The zero-order valence-corrected chi connectivity index (χ0v) is 13.2. The Kier molecular flexibility index (Phi) is 5.49. The summed E-state index contributed by atoms with van der Waals surface area (Å²) < 4.78 is 0. The fraction of sp³-hybridized carbons (Fsp3) is 0.222. The highest BCUT2D eigenvalue weighted by Gasteiger charge is 2.16. The van der Waals surface area contributed by atoms with Gasteiger partial charge in [0.25, 0.3) is 11.8 Å². The number of hydrogen-bond acceptors (Lipinski definition) is 3. The molecule has 0 saturated carbocycles. The van der Waals surface area contributed by atoms with Crippen LogP contribution in [0, 0.1) is 0 Å². The summed E-state index contributed by atoms with van der Waals surface area (Å²) in [6.45, 7) is 0.291. The van der Waals surface area contributed by atoms with E-state index in [1.807, 2.05) is 6.07 Å². The van der Waals surface area contributed by atoms with Crippen LogP contribution in [0.3, 0.4) is 0 Å². The van der Waals surface area contributed by atoms with Crippen LogP contribution in [0.1, 0.15) is 27.6 Å². The van der Waals surface area contributed by atoms with E-state index in [-0.39, 0.29) is 5.91 Å². The van der Waals surface area contributed by atoms with Crippen molar-refractivity contribution in [3.05, 3.63) is 71.3 Å². The number of carbonyl (C=O) groups is 2. The second-order valence-corrected chi connectivity index (χ2v) is 5.43. The summed E-state index contributed by atoms with van der Waals surface area (Å²) in [5.74, 6) is -0.523. The van der Waals surface area contributed by atoms with E-state index < -0.39 is 12.0 Å². The van der Waals surface area contributed by atoms with Gasteiger partial charge in [0.15, 0.2) is 6.10 Å². The quantitative estimate of drug-likeness (QED) is 0.883. The molecule has 0 aliphatic carbocycles.